The molecule has 3 N–H and O–H groups in total. The van der Waals surface area contributed by atoms with Crippen LogP contribution in [-0.2, 0) is 9.53 Å². The van der Waals surface area contributed by atoms with Gasteiger partial charge in [0.15, 0.2) is 6.61 Å². The molecule has 0 heterocycles. The molecule has 0 aliphatic rings. The van der Waals surface area contributed by atoms with Gasteiger partial charge in [-0.1, -0.05) is 35.3 Å². The van der Waals surface area contributed by atoms with Crippen LogP contribution < -0.4 is 15.8 Å². The molecule has 6 nitrogen and oxygen atoms in total. The summed E-state index contributed by atoms with van der Waals surface area (Å²) < 4.78 is 10.4. The molecule has 132 valence electrons. The number of amides is 1. The zero-order valence-corrected chi connectivity index (χ0v) is 14.9. The number of esters is 1. The minimum Gasteiger partial charge on any atom is -0.492 e. The number of carbonyl (C=O) groups excluding carboxylic acids is 2. The van der Waals surface area contributed by atoms with Gasteiger partial charge < -0.3 is 20.5 Å². The van der Waals surface area contributed by atoms with Crippen molar-refractivity contribution in [1.82, 2.24) is 0 Å². The molecule has 1 amide bonds. The summed E-state index contributed by atoms with van der Waals surface area (Å²) in [5.41, 5.74) is 6.25. The summed E-state index contributed by atoms with van der Waals surface area (Å²) in [6.45, 7) is 1.79. The van der Waals surface area contributed by atoms with E-state index in [0.717, 1.165) is 0 Å². The first-order valence-electron chi connectivity index (χ1n) is 7.35. The van der Waals surface area contributed by atoms with Crippen LogP contribution in [0.15, 0.2) is 36.4 Å². The number of nitrogen functional groups attached to an aromatic ring is 1. The molecule has 0 fully saturated rings. The SMILES string of the molecule is CCOc1ccccc1NC(=O)COC(=O)c1cc(Cl)cc(Cl)c1N. The van der Waals surface area contributed by atoms with E-state index in [4.69, 9.17) is 38.4 Å². The average molecular weight is 383 g/mol. The molecule has 0 radical (unpaired) electrons. The van der Waals surface area contributed by atoms with E-state index in [1.165, 1.54) is 12.1 Å². The third-order valence-corrected chi connectivity index (χ3v) is 3.64. The number of halogens is 2. The van der Waals surface area contributed by atoms with Gasteiger partial charge in [0.1, 0.15) is 5.75 Å². The quantitative estimate of drug-likeness (QED) is 0.585. The van der Waals surface area contributed by atoms with Crippen molar-refractivity contribution in [3.8, 4) is 5.75 Å². The van der Waals surface area contributed by atoms with Crippen molar-refractivity contribution in [2.75, 3.05) is 24.3 Å². The number of nitrogens with two attached hydrogens (primary N) is 1. The highest BCUT2D eigenvalue weighted by Crippen LogP contribution is 2.28. The third-order valence-electron chi connectivity index (χ3n) is 3.11. The Morgan fingerprint density at radius 3 is 2.64 bits per heavy atom. The lowest BCUT2D eigenvalue weighted by Gasteiger charge is -2.12. The summed E-state index contributed by atoms with van der Waals surface area (Å²) in [4.78, 5) is 24.1. The van der Waals surface area contributed by atoms with Gasteiger partial charge in [-0.3, -0.25) is 4.79 Å². The van der Waals surface area contributed by atoms with Gasteiger partial charge in [0.2, 0.25) is 0 Å². The Hall–Kier alpha value is -2.44. The molecular formula is C17H16Cl2N2O4. The lowest BCUT2D eigenvalue weighted by Crippen LogP contribution is -2.21. The maximum atomic E-state index is 12.1. The summed E-state index contributed by atoms with van der Waals surface area (Å²) in [7, 11) is 0. The normalized spacial score (nSPS) is 10.2. The lowest BCUT2D eigenvalue weighted by molar-refractivity contribution is -0.119. The van der Waals surface area contributed by atoms with Crippen molar-refractivity contribution < 1.29 is 19.1 Å². The van der Waals surface area contributed by atoms with Gasteiger partial charge >= 0.3 is 5.97 Å². The number of carbonyl (C=O) groups is 2. The highest BCUT2D eigenvalue weighted by Gasteiger charge is 2.17. The number of hydrogen-bond acceptors (Lipinski definition) is 5. The van der Waals surface area contributed by atoms with Gasteiger partial charge in [0.05, 0.1) is 28.6 Å². The van der Waals surface area contributed by atoms with E-state index in [2.05, 4.69) is 5.32 Å². The number of para-hydroxylation sites is 2. The second kappa shape index (κ2) is 8.60. The van der Waals surface area contributed by atoms with Crippen molar-refractivity contribution in [2.24, 2.45) is 0 Å². The van der Waals surface area contributed by atoms with Crippen molar-refractivity contribution in [2.45, 2.75) is 6.92 Å². The van der Waals surface area contributed by atoms with Gasteiger partial charge in [0, 0.05) is 5.02 Å². The summed E-state index contributed by atoms with van der Waals surface area (Å²) in [5.74, 6) is -0.794. The first-order valence-corrected chi connectivity index (χ1v) is 8.11. The highest BCUT2D eigenvalue weighted by atomic mass is 35.5. The molecule has 0 unspecified atom stereocenters. The third kappa shape index (κ3) is 5.01. The standard InChI is InChI=1S/C17H16Cl2N2O4/c1-2-24-14-6-4-3-5-13(14)21-15(22)9-25-17(23)11-7-10(18)8-12(19)16(11)20/h3-8H,2,9,20H2,1H3,(H,21,22). The van der Waals surface area contributed by atoms with Crippen LogP contribution in [0.3, 0.4) is 0 Å². The molecule has 0 saturated heterocycles. The zero-order chi connectivity index (χ0) is 18.4. The number of benzene rings is 2. The van der Waals surface area contributed by atoms with Crippen LogP contribution in [0.5, 0.6) is 5.75 Å². The zero-order valence-electron chi connectivity index (χ0n) is 13.3. The molecular weight excluding hydrogens is 367 g/mol. The summed E-state index contributed by atoms with van der Waals surface area (Å²) in [6.07, 6.45) is 0. The van der Waals surface area contributed by atoms with Crippen molar-refractivity contribution >= 4 is 46.5 Å². The maximum Gasteiger partial charge on any atom is 0.340 e. The Kier molecular flexibility index (Phi) is 6.50. The van der Waals surface area contributed by atoms with E-state index in [1.807, 2.05) is 6.92 Å². The van der Waals surface area contributed by atoms with Crippen LogP contribution in [0, 0.1) is 0 Å². The minimum absolute atomic E-state index is 0.0000152. The van der Waals surface area contributed by atoms with Crippen LogP contribution in [0.2, 0.25) is 10.0 Å². The predicted octanol–water partition coefficient (Wildman–Crippen LogP) is 3.77. The molecule has 8 heteroatoms. The first-order chi connectivity index (χ1) is 11.9. The molecule has 0 aliphatic carbocycles. The largest absolute Gasteiger partial charge is 0.492 e. The summed E-state index contributed by atoms with van der Waals surface area (Å²) >= 11 is 11.7. The molecule has 25 heavy (non-hydrogen) atoms. The van der Waals surface area contributed by atoms with Crippen molar-refractivity contribution in [1.29, 1.82) is 0 Å². The lowest BCUT2D eigenvalue weighted by atomic mass is 10.2. The summed E-state index contributed by atoms with van der Waals surface area (Å²) in [5, 5.41) is 2.99. The number of rotatable bonds is 6. The van der Waals surface area contributed by atoms with Crippen LogP contribution in [0.25, 0.3) is 0 Å². The van der Waals surface area contributed by atoms with E-state index >= 15 is 0 Å². The minimum atomic E-state index is -0.796. The fourth-order valence-electron chi connectivity index (χ4n) is 2.00. The molecule has 0 atom stereocenters. The molecule has 0 spiro atoms. The Morgan fingerprint density at radius 2 is 1.92 bits per heavy atom. The van der Waals surface area contributed by atoms with E-state index in [9.17, 15) is 9.59 Å². The van der Waals surface area contributed by atoms with Gasteiger partial charge in [-0.25, -0.2) is 4.79 Å². The topological polar surface area (TPSA) is 90.6 Å². The molecule has 2 rings (SSSR count). The van der Waals surface area contributed by atoms with Crippen LogP contribution in [0.1, 0.15) is 17.3 Å². The maximum absolute atomic E-state index is 12.1. The van der Waals surface area contributed by atoms with Crippen LogP contribution in [0.4, 0.5) is 11.4 Å². The molecule has 2 aromatic carbocycles. The number of nitrogens with one attached hydrogen (secondary N) is 1. The molecule has 0 aromatic heterocycles. The smallest absolute Gasteiger partial charge is 0.340 e. The number of anilines is 2. The fraction of sp³-hybridized carbons (Fsp3) is 0.176. The first kappa shape index (κ1) is 18.9. The second-order valence-corrected chi connectivity index (χ2v) is 5.75. The monoisotopic (exact) mass is 382 g/mol. The van der Waals surface area contributed by atoms with Gasteiger partial charge in [0.25, 0.3) is 5.91 Å². The van der Waals surface area contributed by atoms with Gasteiger partial charge in [-0.05, 0) is 31.2 Å². The van der Waals surface area contributed by atoms with Crippen LogP contribution >= 0.6 is 23.2 Å². The Labute approximate surface area is 154 Å². The van der Waals surface area contributed by atoms with E-state index in [1.54, 1.807) is 24.3 Å². The van der Waals surface area contributed by atoms with E-state index in [-0.39, 0.29) is 21.3 Å². The number of hydrogen-bond donors (Lipinski definition) is 2. The van der Waals surface area contributed by atoms with Crippen molar-refractivity contribution in [3.05, 3.63) is 52.0 Å². The highest BCUT2D eigenvalue weighted by molar-refractivity contribution is 6.37. The Morgan fingerprint density at radius 1 is 1.20 bits per heavy atom. The molecule has 0 bridgehead atoms. The Bertz CT molecular complexity index is 796. The molecule has 0 aliphatic heterocycles. The van der Waals surface area contributed by atoms with Crippen LogP contribution in [-0.4, -0.2) is 25.1 Å². The molecule has 0 saturated carbocycles. The van der Waals surface area contributed by atoms with Gasteiger partial charge in [-0.15, -0.1) is 0 Å². The number of ether oxygens (including phenoxy) is 2. The Balaban J connectivity index is 2.00. The van der Waals surface area contributed by atoms with Gasteiger partial charge in [-0.2, -0.15) is 0 Å². The fourth-order valence-corrected chi connectivity index (χ4v) is 2.49. The summed E-state index contributed by atoms with van der Waals surface area (Å²) in [6, 6.07) is 9.67. The molecule has 2 aromatic rings. The average Bonchev–Trinajstić information content (AvgIpc) is 2.58. The van der Waals surface area contributed by atoms with Crippen molar-refractivity contribution in [3.63, 3.8) is 0 Å². The van der Waals surface area contributed by atoms with E-state index in [0.29, 0.717) is 18.0 Å². The second-order valence-electron chi connectivity index (χ2n) is 4.90. The predicted molar refractivity (Wildman–Crippen MR) is 97.4 cm³/mol. The van der Waals surface area contributed by atoms with E-state index < -0.39 is 18.5 Å².